The normalized spacial score (nSPS) is 21.2. The summed E-state index contributed by atoms with van der Waals surface area (Å²) in [6.07, 6.45) is 4.06. The number of ether oxygens (including phenoxy) is 1. The first-order valence-corrected chi connectivity index (χ1v) is 6.06. The molecule has 0 aromatic rings. The number of rotatable bonds is 6. The third kappa shape index (κ3) is 5.53. The van der Waals surface area contributed by atoms with Crippen LogP contribution in [-0.2, 0) is 9.53 Å². The number of oxime groups is 1. The molecule has 1 unspecified atom stereocenters. The lowest BCUT2D eigenvalue weighted by Gasteiger charge is -2.21. The Morgan fingerprint density at radius 2 is 2.35 bits per heavy atom. The van der Waals surface area contributed by atoms with Gasteiger partial charge in [0.05, 0.1) is 12.5 Å². The average Bonchev–Trinajstić information content (AvgIpc) is 2.38. The van der Waals surface area contributed by atoms with Crippen LogP contribution in [0.4, 0.5) is 0 Å². The SMILES string of the molecule is NC(CCCCNC(=O)C1CCCOC1)=NO. The van der Waals surface area contributed by atoms with Gasteiger partial charge in [0.25, 0.3) is 0 Å². The van der Waals surface area contributed by atoms with Crippen molar-refractivity contribution in [1.82, 2.24) is 5.32 Å². The maximum atomic E-state index is 11.7. The van der Waals surface area contributed by atoms with Gasteiger partial charge in [-0.05, 0) is 25.7 Å². The van der Waals surface area contributed by atoms with Gasteiger partial charge in [0.1, 0.15) is 5.84 Å². The fourth-order valence-electron chi connectivity index (χ4n) is 1.78. The van der Waals surface area contributed by atoms with Crippen LogP contribution in [0.5, 0.6) is 0 Å². The van der Waals surface area contributed by atoms with E-state index in [1.165, 1.54) is 0 Å². The highest BCUT2D eigenvalue weighted by Crippen LogP contribution is 2.13. The summed E-state index contributed by atoms with van der Waals surface area (Å²) in [6.45, 7) is 1.94. The van der Waals surface area contributed by atoms with Crippen LogP contribution in [0.3, 0.4) is 0 Å². The lowest BCUT2D eigenvalue weighted by atomic mass is 10.0. The molecule has 1 aliphatic heterocycles. The van der Waals surface area contributed by atoms with E-state index in [4.69, 9.17) is 15.7 Å². The third-order valence-electron chi connectivity index (χ3n) is 2.82. The van der Waals surface area contributed by atoms with E-state index in [1.807, 2.05) is 0 Å². The van der Waals surface area contributed by atoms with Gasteiger partial charge in [-0.2, -0.15) is 0 Å². The van der Waals surface area contributed by atoms with Crippen molar-refractivity contribution in [2.45, 2.75) is 32.1 Å². The summed E-state index contributed by atoms with van der Waals surface area (Å²) in [6, 6.07) is 0. The van der Waals surface area contributed by atoms with Crippen molar-refractivity contribution < 1.29 is 14.7 Å². The van der Waals surface area contributed by atoms with Gasteiger partial charge in [-0.3, -0.25) is 4.79 Å². The number of amides is 1. The van der Waals surface area contributed by atoms with E-state index in [0.717, 1.165) is 32.3 Å². The maximum Gasteiger partial charge on any atom is 0.225 e. The number of carbonyl (C=O) groups is 1. The van der Waals surface area contributed by atoms with Crippen LogP contribution in [0.15, 0.2) is 5.16 Å². The number of carbonyl (C=O) groups excluding carboxylic acids is 1. The molecule has 1 rings (SSSR count). The van der Waals surface area contributed by atoms with Crippen LogP contribution in [0.25, 0.3) is 0 Å². The molecule has 0 bridgehead atoms. The summed E-state index contributed by atoms with van der Waals surface area (Å²) in [4.78, 5) is 11.7. The summed E-state index contributed by atoms with van der Waals surface area (Å²) in [5, 5.41) is 14.1. The number of nitrogens with zero attached hydrogens (tertiary/aromatic N) is 1. The van der Waals surface area contributed by atoms with Gasteiger partial charge >= 0.3 is 0 Å². The van der Waals surface area contributed by atoms with Gasteiger partial charge in [0, 0.05) is 19.6 Å². The second kappa shape index (κ2) is 7.89. The van der Waals surface area contributed by atoms with Crippen molar-refractivity contribution in [3.05, 3.63) is 0 Å². The molecular weight excluding hydrogens is 222 g/mol. The zero-order valence-electron chi connectivity index (χ0n) is 10.0. The largest absolute Gasteiger partial charge is 0.409 e. The minimum Gasteiger partial charge on any atom is -0.409 e. The van der Waals surface area contributed by atoms with E-state index in [1.54, 1.807) is 0 Å². The molecule has 1 atom stereocenters. The molecule has 0 aromatic heterocycles. The number of nitrogens with one attached hydrogen (secondary N) is 1. The highest BCUT2D eigenvalue weighted by Gasteiger charge is 2.20. The number of hydrogen-bond donors (Lipinski definition) is 3. The minimum atomic E-state index is 0.00724. The fourth-order valence-corrected chi connectivity index (χ4v) is 1.78. The van der Waals surface area contributed by atoms with Crippen LogP contribution < -0.4 is 11.1 Å². The first kappa shape index (κ1) is 13.8. The Kier molecular flexibility index (Phi) is 6.39. The van der Waals surface area contributed by atoms with Crippen LogP contribution in [0.1, 0.15) is 32.1 Å². The standard InChI is InChI=1S/C11H21N3O3/c12-10(14-16)5-1-2-6-13-11(15)9-4-3-7-17-8-9/h9,16H,1-8H2,(H2,12,14)(H,13,15). The Bertz CT molecular complexity index is 263. The number of hydrogen-bond acceptors (Lipinski definition) is 4. The molecule has 6 heteroatoms. The molecule has 0 aliphatic carbocycles. The van der Waals surface area contributed by atoms with Gasteiger partial charge in [-0.1, -0.05) is 5.16 Å². The molecule has 0 spiro atoms. The summed E-state index contributed by atoms with van der Waals surface area (Å²) in [7, 11) is 0. The highest BCUT2D eigenvalue weighted by atomic mass is 16.5. The van der Waals surface area contributed by atoms with Crippen molar-refractivity contribution in [3.8, 4) is 0 Å². The molecule has 1 heterocycles. The lowest BCUT2D eigenvalue weighted by molar-refractivity contribution is -0.128. The van der Waals surface area contributed by atoms with E-state index in [2.05, 4.69) is 10.5 Å². The molecular formula is C11H21N3O3. The lowest BCUT2D eigenvalue weighted by Crippen LogP contribution is -2.36. The quantitative estimate of drug-likeness (QED) is 0.207. The maximum absolute atomic E-state index is 11.7. The van der Waals surface area contributed by atoms with Crippen molar-refractivity contribution >= 4 is 11.7 Å². The minimum absolute atomic E-state index is 0.00724. The van der Waals surface area contributed by atoms with Crippen LogP contribution >= 0.6 is 0 Å². The second-order valence-corrected chi connectivity index (χ2v) is 4.25. The van der Waals surface area contributed by atoms with E-state index >= 15 is 0 Å². The van der Waals surface area contributed by atoms with Crippen LogP contribution in [0.2, 0.25) is 0 Å². The number of amidine groups is 1. The van der Waals surface area contributed by atoms with Gasteiger partial charge in [-0.25, -0.2) is 0 Å². The zero-order valence-corrected chi connectivity index (χ0v) is 10.0. The Balaban J connectivity index is 2.03. The van der Waals surface area contributed by atoms with E-state index in [0.29, 0.717) is 19.6 Å². The molecule has 1 fully saturated rings. The molecule has 1 amide bonds. The predicted octanol–water partition coefficient (Wildman–Crippen LogP) is 0.446. The Labute approximate surface area is 101 Å². The Morgan fingerprint density at radius 3 is 3.00 bits per heavy atom. The molecule has 0 radical (unpaired) electrons. The van der Waals surface area contributed by atoms with Crippen molar-refractivity contribution in [1.29, 1.82) is 0 Å². The van der Waals surface area contributed by atoms with Gasteiger partial charge < -0.3 is 21.0 Å². The summed E-state index contributed by atoms with van der Waals surface area (Å²) >= 11 is 0. The predicted molar refractivity (Wildman–Crippen MR) is 63.8 cm³/mol. The highest BCUT2D eigenvalue weighted by molar-refractivity contribution is 5.79. The van der Waals surface area contributed by atoms with Crippen molar-refractivity contribution in [3.63, 3.8) is 0 Å². The number of nitrogens with two attached hydrogens (primary N) is 1. The monoisotopic (exact) mass is 243 g/mol. The molecule has 98 valence electrons. The topological polar surface area (TPSA) is 96.9 Å². The van der Waals surface area contributed by atoms with E-state index in [-0.39, 0.29) is 17.7 Å². The Hall–Kier alpha value is -1.30. The average molecular weight is 243 g/mol. The zero-order chi connectivity index (χ0) is 12.5. The first-order valence-electron chi connectivity index (χ1n) is 6.06. The second-order valence-electron chi connectivity index (χ2n) is 4.25. The number of unbranched alkanes of at least 4 members (excludes halogenated alkanes) is 1. The van der Waals surface area contributed by atoms with E-state index in [9.17, 15) is 4.79 Å². The van der Waals surface area contributed by atoms with Gasteiger partial charge in [0.2, 0.25) is 5.91 Å². The molecule has 1 aliphatic rings. The summed E-state index contributed by atoms with van der Waals surface area (Å²) in [5.41, 5.74) is 5.33. The third-order valence-corrected chi connectivity index (χ3v) is 2.82. The van der Waals surface area contributed by atoms with Crippen LogP contribution in [0, 0.1) is 5.92 Å². The molecule has 1 saturated heterocycles. The van der Waals surface area contributed by atoms with Gasteiger partial charge in [-0.15, -0.1) is 0 Å². The molecule has 0 aromatic carbocycles. The van der Waals surface area contributed by atoms with Crippen molar-refractivity contribution in [2.75, 3.05) is 19.8 Å². The first-order chi connectivity index (χ1) is 8.24. The molecule has 6 nitrogen and oxygen atoms in total. The van der Waals surface area contributed by atoms with Crippen molar-refractivity contribution in [2.24, 2.45) is 16.8 Å². The summed E-state index contributed by atoms with van der Waals surface area (Å²) in [5.74, 6) is 0.318. The molecule has 0 saturated carbocycles. The molecule has 4 N–H and O–H groups in total. The molecule has 17 heavy (non-hydrogen) atoms. The Morgan fingerprint density at radius 1 is 1.53 bits per heavy atom. The van der Waals surface area contributed by atoms with Crippen LogP contribution in [-0.4, -0.2) is 36.7 Å². The smallest absolute Gasteiger partial charge is 0.225 e. The summed E-state index contributed by atoms with van der Waals surface area (Å²) < 4.78 is 5.26. The fraction of sp³-hybridized carbons (Fsp3) is 0.818. The van der Waals surface area contributed by atoms with Gasteiger partial charge in [0.15, 0.2) is 0 Å². The van der Waals surface area contributed by atoms with E-state index < -0.39 is 0 Å².